The lowest BCUT2D eigenvalue weighted by Gasteiger charge is -2.30. The number of carbonyl (C=O) groups excluding carboxylic acids is 1. The Hall–Kier alpha value is -3.32. The number of aryl methyl sites for hydroxylation is 2. The van der Waals surface area contributed by atoms with Crippen LogP contribution >= 0.6 is 11.8 Å². The van der Waals surface area contributed by atoms with Crippen LogP contribution in [0.3, 0.4) is 0 Å². The summed E-state index contributed by atoms with van der Waals surface area (Å²) in [5.74, 6) is 1.39. The number of nitrogens with zero attached hydrogens (tertiary/aromatic N) is 3. The Morgan fingerprint density at radius 3 is 2.68 bits per heavy atom. The van der Waals surface area contributed by atoms with Crippen LogP contribution < -0.4 is 10.2 Å². The molecule has 0 bridgehead atoms. The van der Waals surface area contributed by atoms with Gasteiger partial charge in [-0.05, 0) is 63.4 Å². The van der Waals surface area contributed by atoms with Gasteiger partial charge in [-0.1, -0.05) is 17.3 Å². The Balaban J connectivity index is 1.40. The van der Waals surface area contributed by atoms with Crippen molar-refractivity contribution < 1.29 is 9.32 Å². The Kier molecular flexibility index (Phi) is 6.54. The highest BCUT2D eigenvalue weighted by Crippen LogP contribution is 2.34. The third kappa shape index (κ3) is 4.53. The lowest BCUT2D eigenvalue weighted by Crippen LogP contribution is -2.29. The number of fused-ring (bicyclic) bond motifs is 1. The minimum atomic E-state index is -0.127. The van der Waals surface area contributed by atoms with Gasteiger partial charge in [-0.3, -0.25) is 9.78 Å². The van der Waals surface area contributed by atoms with Crippen molar-refractivity contribution in [3.05, 3.63) is 77.4 Å². The van der Waals surface area contributed by atoms with E-state index in [2.05, 4.69) is 26.4 Å². The molecule has 6 nitrogen and oxygen atoms in total. The second kappa shape index (κ2) is 9.89. The molecule has 0 atom stereocenters. The molecule has 1 aliphatic rings. The number of pyridine rings is 1. The molecule has 1 saturated heterocycles. The molecule has 0 aliphatic carbocycles. The summed E-state index contributed by atoms with van der Waals surface area (Å²) in [5.41, 5.74) is 4.60. The predicted octanol–water partition coefficient (Wildman–Crippen LogP) is 6.37. The van der Waals surface area contributed by atoms with E-state index in [1.54, 1.807) is 11.8 Å². The van der Waals surface area contributed by atoms with E-state index in [1.165, 1.54) is 24.9 Å². The maximum absolute atomic E-state index is 13.4. The maximum atomic E-state index is 13.4. The molecule has 1 fully saturated rings. The molecule has 0 unspecified atom stereocenters. The fraction of sp³-hybridized carbons (Fsp3) is 0.296. The molecule has 174 valence electrons. The lowest BCUT2D eigenvalue weighted by molar-refractivity contribution is 0.102. The average molecular weight is 473 g/mol. The molecule has 3 heterocycles. The van der Waals surface area contributed by atoms with Gasteiger partial charge < -0.3 is 14.7 Å². The Morgan fingerprint density at radius 2 is 1.88 bits per heavy atom. The number of piperidine rings is 1. The molecule has 2 aromatic carbocycles. The number of anilines is 2. The van der Waals surface area contributed by atoms with Gasteiger partial charge in [-0.2, -0.15) is 0 Å². The number of nitrogens with one attached hydrogen (secondary N) is 1. The Bertz CT molecular complexity index is 1310. The molecule has 2 aromatic heterocycles. The van der Waals surface area contributed by atoms with Crippen LogP contribution in [0.15, 0.2) is 64.3 Å². The predicted molar refractivity (Wildman–Crippen MR) is 138 cm³/mol. The summed E-state index contributed by atoms with van der Waals surface area (Å²) in [4.78, 5) is 21.1. The van der Waals surface area contributed by atoms with Gasteiger partial charge in [-0.25, -0.2) is 0 Å². The molecule has 7 heteroatoms. The van der Waals surface area contributed by atoms with Gasteiger partial charge in [0.15, 0.2) is 0 Å². The van der Waals surface area contributed by atoms with Gasteiger partial charge in [0.25, 0.3) is 5.91 Å². The molecular weight excluding hydrogens is 444 g/mol. The summed E-state index contributed by atoms with van der Waals surface area (Å²) >= 11 is 1.62. The van der Waals surface area contributed by atoms with Crippen LogP contribution in [0.5, 0.6) is 0 Å². The average Bonchev–Trinajstić information content (AvgIpc) is 3.20. The molecular formula is C27H28N4O2S. The summed E-state index contributed by atoms with van der Waals surface area (Å²) in [6, 6.07) is 13.9. The van der Waals surface area contributed by atoms with E-state index < -0.39 is 0 Å². The first-order valence-corrected chi connectivity index (χ1v) is 12.7. The van der Waals surface area contributed by atoms with Crippen molar-refractivity contribution >= 4 is 39.8 Å². The topological polar surface area (TPSA) is 71.3 Å². The molecule has 5 rings (SSSR count). The van der Waals surface area contributed by atoms with Crippen LogP contribution in [0.25, 0.3) is 10.8 Å². The number of benzene rings is 2. The van der Waals surface area contributed by atoms with Crippen LogP contribution in [0.2, 0.25) is 0 Å². The zero-order chi connectivity index (χ0) is 23.5. The van der Waals surface area contributed by atoms with E-state index in [1.807, 2.05) is 62.6 Å². The van der Waals surface area contributed by atoms with Gasteiger partial charge in [0.2, 0.25) is 0 Å². The summed E-state index contributed by atoms with van der Waals surface area (Å²) in [5, 5.41) is 9.26. The summed E-state index contributed by atoms with van der Waals surface area (Å²) in [6.45, 7) is 6.00. The zero-order valence-electron chi connectivity index (χ0n) is 19.5. The Morgan fingerprint density at radius 1 is 1.06 bits per heavy atom. The smallest absolute Gasteiger partial charge is 0.256 e. The van der Waals surface area contributed by atoms with Crippen molar-refractivity contribution in [2.24, 2.45) is 0 Å². The van der Waals surface area contributed by atoms with Crippen LogP contribution in [-0.2, 0) is 5.75 Å². The molecule has 1 N–H and O–H groups in total. The summed E-state index contributed by atoms with van der Waals surface area (Å²) in [7, 11) is 0. The number of aromatic nitrogens is 2. The highest BCUT2D eigenvalue weighted by molar-refractivity contribution is 7.98. The number of thioether (sulfide) groups is 1. The monoisotopic (exact) mass is 472 g/mol. The molecule has 34 heavy (non-hydrogen) atoms. The van der Waals surface area contributed by atoms with E-state index in [4.69, 9.17) is 4.52 Å². The van der Waals surface area contributed by atoms with Crippen molar-refractivity contribution in [2.45, 2.75) is 43.8 Å². The fourth-order valence-corrected chi connectivity index (χ4v) is 5.72. The number of carbonyl (C=O) groups is 1. The summed E-state index contributed by atoms with van der Waals surface area (Å²) < 4.78 is 5.28. The minimum absolute atomic E-state index is 0.127. The van der Waals surface area contributed by atoms with Gasteiger partial charge in [-0.15, -0.1) is 11.8 Å². The van der Waals surface area contributed by atoms with Crippen molar-refractivity contribution in [2.75, 3.05) is 23.3 Å². The van der Waals surface area contributed by atoms with Gasteiger partial charge in [0, 0.05) is 58.2 Å². The first-order chi connectivity index (χ1) is 16.6. The fourth-order valence-electron chi connectivity index (χ4n) is 4.52. The van der Waals surface area contributed by atoms with Crippen LogP contribution in [-0.4, -0.2) is 29.1 Å². The van der Waals surface area contributed by atoms with Crippen LogP contribution in [0.1, 0.15) is 46.6 Å². The normalized spacial score (nSPS) is 13.9. The highest BCUT2D eigenvalue weighted by atomic mass is 32.2. The highest BCUT2D eigenvalue weighted by Gasteiger charge is 2.18. The summed E-state index contributed by atoms with van der Waals surface area (Å²) in [6.07, 6.45) is 7.39. The molecule has 1 aliphatic heterocycles. The van der Waals surface area contributed by atoms with E-state index >= 15 is 0 Å². The number of rotatable bonds is 6. The maximum Gasteiger partial charge on any atom is 0.256 e. The van der Waals surface area contributed by atoms with E-state index in [0.29, 0.717) is 11.3 Å². The third-order valence-corrected chi connectivity index (χ3v) is 7.52. The van der Waals surface area contributed by atoms with Gasteiger partial charge in [0.1, 0.15) is 5.76 Å². The molecule has 0 saturated carbocycles. The van der Waals surface area contributed by atoms with Crippen molar-refractivity contribution in [3.8, 4) is 0 Å². The number of hydrogen-bond acceptors (Lipinski definition) is 6. The van der Waals surface area contributed by atoms with Crippen molar-refractivity contribution in [1.82, 2.24) is 10.1 Å². The van der Waals surface area contributed by atoms with Crippen molar-refractivity contribution in [3.63, 3.8) is 0 Å². The number of amides is 1. The first kappa shape index (κ1) is 22.5. The van der Waals surface area contributed by atoms with E-state index in [0.717, 1.165) is 51.5 Å². The van der Waals surface area contributed by atoms with Crippen LogP contribution in [0.4, 0.5) is 11.4 Å². The van der Waals surface area contributed by atoms with Gasteiger partial charge in [0.05, 0.1) is 16.9 Å². The van der Waals surface area contributed by atoms with E-state index in [-0.39, 0.29) is 5.91 Å². The SMILES string of the molecule is Cc1noc(C)c1CSc1ccccc1C(=O)Nc1ccc(N2CCCCC2)c2ccncc12. The molecule has 0 radical (unpaired) electrons. The van der Waals surface area contributed by atoms with Crippen LogP contribution in [0, 0.1) is 13.8 Å². The Labute approximate surface area is 203 Å². The first-order valence-electron chi connectivity index (χ1n) is 11.7. The molecule has 1 amide bonds. The second-order valence-electron chi connectivity index (χ2n) is 8.64. The van der Waals surface area contributed by atoms with E-state index in [9.17, 15) is 4.79 Å². The largest absolute Gasteiger partial charge is 0.371 e. The van der Waals surface area contributed by atoms with Crippen molar-refractivity contribution in [1.29, 1.82) is 0 Å². The molecule has 0 spiro atoms. The standard InChI is InChI=1S/C27H28N4O2S/c1-18-23(19(2)33-30-18)17-34-26-9-5-4-8-21(26)27(32)29-24-10-11-25(31-14-6-3-7-15-31)20-12-13-28-16-22(20)24/h4-5,8-13,16H,3,6-7,14-15,17H2,1-2H3,(H,29,32). The minimum Gasteiger partial charge on any atom is -0.371 e. The zero-order valence-corrected chi connectivity index (χ0v) is 20.3. The quantitative estimate of drug-likeness (QED) is 0.329. The lowest BCUT2D eigenvalue weighted by atomic mass is 10.0. The van der Waals surface area contributed by atoms with Gasteiger partial charge >= 0.3 is 0 Å². The second-order valence-corrected chi connectivity index (χ2v) is 9.66. The third-order valence-electron chi connectivity index (χ3n) is 6.42. The number of hydrogen-bond donors (Lipinski definition) is 1. The molecule has 4 aromatic rings.